The lowest BCUT2D eigenvalue weighted by molar-refractivity contribution is -0.902. The summed E-state index contributed by atoms with van der Waals surface area (Å²) in [5, 5.41) is 0. The maximum Gasteiger partial charge on any atom is 0.864 e. The Morgan fingerprint density at radius 3 is 1.15 bits per heavy atom. The van der Waals surface area contributed by atoms with Gasteiger partial charge in [-0.2, -0.15) is 83.0 Å². The molecule has 0 bridgehead atoms. The highest BCUT2D eigenvalue weighted by Crippen LogP contribution is 2.41. The number of quaternary nitrogens is 1. The summed E-state index contributed by atoms with van der Waals surface area (Å²) in [4.78, 5) is 0. The van der Waals surface area contributed by atoms with Gasteiger partial charge in [0.15, 0.2) is 0 Å². The monoisotopic (exact) mass is 949 g/mol. The molecule has 0 saturated carbocycles. The van der Waals surface area contributed by atoms with Crippen LogP contribution in [0, 0.1) is 6.07 Å². The predicted molar refractivity (Wildman–Crippen MR) is 233 cm³/mol. The zero-order chi connectivity index (χ0) is 49.0. The molecule has 66 heavy (non-hydrogen) atoms. The maximum atomic E-state index is 14.1. The van der Waals surface area contributed by atoms with Crippen LogP contribution in [-0.4, -0.2) is 32.9 Å². The third-order valence-corrected chi connectivity index (χ3v) is 10.8. The summed E-state index contributed by atoms with van der Waals surface area (Å²) in [6.07, 6.45) is -0.0185. The lowest BCUT2D eigenvalue weighted by Crippen LogP contribution is -2.41. The van der Waals surface area contributed by atoms with Gasteiger partial charge in [0.25, 0.3) is 0 Å². The highest BCUT2D eigenvalue weighted by atomic mass is 19.4. The van der Waals surface area contributed by atoms with E-state index in [2.05, 4.69) is 13.0 Å². The average Bonchev–Trinajstić information content (AvgIpc) is 3.23. The minimum Gasteiger partial charge on any atom is -0.490 e. The molecule has 1 atom stereocenters. The third-order valence-electron chi connectivity index (χ3n) is 10.8. The highest BCUT2D eigenvalue weighted by Gasteiger charge is 2.39. The molecule has 4 nitrogen and oxygen atoms in total. The topological polar surface area (TPSA) is 27.7 Å². The summed E-state index contributed by atoms with van der Waals surface area (Å²) in [6, 6.07) is 16.5. The van der Waals surface area contributed by atoms with E-state index in [1.165, 1.54) is 76.3 Å². The second-order valence-corrected chi connectivity index (χ2v) is 17.1. The average molecular weight is 950 g/mol. The summed E-state index contributed by atoms with van der Waals surface area (Å²) in [7, 11) is 3.75. The van der Waals surface area contributed by atoms with E-state index < -0.39 is 60.3 Å². The van der Waals surface area contributed by atoms with Crippen LogP contribution in [0.25, 0.3) is 0 Å². The summed E-state index contributed by atoms with van der Waals surface area (Å²) in [5.41, 5.74) is -3.25. The van der Waals surface area contributed by atoms with Crippen molar-refractivity contribution in [2.24, 2.45) is 0 Å². The van der Waals surface area contributed by atoms with Gasteiger partial charge in [-0.25, -0.2) is 0 Å². The van der Waals surface area contributed by atoms with Crippen LogP contribution in [0.5, 0.6) is 17.2 Å². The molecule has 0 spiro atoms. The number of hydrogen-bond acceptors (Lipinski definition) is 3. The lowest BCUT2D eigenvalue weighted by atomic mass is 9.94. The fraction of sp³-hybridized carbons (Fsp3) is 0.510. The van der Waals surface area contributed by atoms with Crippen molar-refractivity contribution in [3.05, 3.63) is 125 Å². The van der Waals surface area contributed by atoms with E-state index in [1.54, 1.807) is 0 Å². The van der Waals surface area contributed by atoms with E-state index in [-0.39, 0.29) is 27.3 Å². The number of benzene rings is 4. The molecule has 0 N–H and O–H groups in total. The molecule has 4 aromatic carbocycles. The van der Waals surface area contributed by atoms with Crippen LogP contribution >= 0.6 is 0 Å². The Morgan fingerprint density at radius 2 is 0.803 bits per heavy atom. The van der Waals surface area contributed by atoms with Crippen LogP contribution < -0.4 is 14.0 Å². The second-order valence-electron chi connectivity index (χ2n) is 17.1. The first-order valence-electron chi connectivity index (χ1n) is 22.3. The molecule has 0 amide bonds. The first-order chi connectivity index (χ1) is 30.9. The Morgan fingerprint density at radius 1 is 0.455 bits per heavy atom. The highest BCUT2D eigenvalue weighted by molar-refractivity contribution is 6.39. The van der Waals surface area contributed by atoms with Crippen molar-refractivity contribution in [2.45, 2.75) is 140 Å². The van der Waals surface area contributed by atoms with Crippen molar-refractivity contribution in [1.29, 1.82) is 0 Å². The molecule has 0 fully saturated rings. The van der Waals surface area contributed by atoms with Crippen LogP contribution in [0.3, 0.4) is 0 Å². The smallest absolute Gasteiger partial charge is 0.490 e. The molecule has 0 saturated heterocycles. The van der Waals surface area contributed by atoms with E-state index in [4.69, 9.17) is 14.0 Å². The second kappa shape index (κ2) is 26.1. The van der Waals surface area contributed by atoms with Crippen molar-refractivity contribution in [2.75, 3.05) is 21.1 Å². The summed E-state index contributed by atoms with van der Waals surface area (Å²) in [5.74, 6) is -0.338. The minimum absolute atomic E-state index is 0.0409. The van der Waals surface area contributed by atoms with Crippen molar-refractivity contribution < 1.29 is 71.1 Å². The number of unbranched alkanes of at least 4 members (excludes halogenated alkanes) is 14. The number of nitrogens with zero attached hydrogens (tertiary/aromatic N) is 1. The van der Waals surface area contributed by atoms with Gasteiger partial charge in [0.05, 0.1) is 43.4 Å². The number of alkyl halides is 12. The van der Waals surface area contributed by atoms with Crippen molar-refractivity contribution >= 4 is 7.32 Å². The normalized spacial score (nSPS) is 12.8. The summed E-state index contributed by atoms with van der Waals surface area (Å²) in [6.45, 7) is 2.22. The number of hydrogen-bond donors (Lipinski definition) is 0. The van der Waals surface area contributed by atoms with E-state index in [0.717, 1.165) is 111 Å². The van der Waals surface area contributed by atoms with Gasteiger partial charge in [-0.1, -0.05) is 102 Å². The van der Waals surface area contributed by atoms with E-state index in [1.807, 2.05) is 21.1 Å². The van der Waals surface area contributed by atoms with Crippen molar-refractivity contribution in [3.63, 3.8) is 0 Å². The first kappa shape index (κ1) is 55.8. The summed E-state index contributed by atoms with van der Waals surface area (Å²) >= 11 is 0. The van der Waals surface area contributed by atoms with Gasteiger partial charge in [0, 0.05) is 6.42 Å². The van der Waals surface area contributed by atoms with E-state index >= 15 is 0 Å². The van der Waals surface area contributed by atoms with Gasteiger partial charge in [-0.3, -0.25) is 0 Å². The first-order valence-corrected chi connectivity index (χ1v) is 22.3. The fourth-order valence-corrected chi connectivity index (χ4v) is 7.18. The molecule has 4 aromatic rings. The quantitative estimate of drug-likeness (QED) is 0.0230. The Hall–Kier alpha value is -4.54. The molecule has 0 aliphatic rings. The predicted octanol–water partition coefficient (Wildman–Crippen LogP) is 16.8. The number of rotatable bonds is 24. The van der Waals surface area contributed by atoms with Gasteiger partial charge >= 0.3 is 32.0 Å². The molecule has 366 valence electrons. The molecule has 1 unspecified atom stereocenters. The van der Waals surface area contributed by atoms with Crippen LogP contribution in [0.4, 0.5) is 52.7 Å². The van der Waals surface area contributed by atoms with E-state index in [0.29, 0.717) is 6.42 Å². The van der Waals surface area contributed by atoms with Gasteiger partial charge in [-0.05, 0) is 73.2 Å². The van der Waals surface area contributed by atoms with Crippen molar-refractivity contribution in [1.82, 2.24) is 0 Å². The summed E-state index contributed by atoms with van der Waals surface area (Å²) < 4.78 is 175. The third kappa shape index (κ3) is 20.5. The largest absolute Gasteiger partial charge is 0.864 e. The van der Waals surface area contributed by atoms with Crippen LogP contribution in [0.1, 0.15) is 144 Å². The van der Waals surface area contributed by atoms with Gasteiger partial charge in [0.1, 0.15) is 23.3 Å². The molecule has 0 heterocycles. The number of halogens is 12. The Kier molecular flexibility index (Phi) is 22.1. The Labute approximate surface area is 381 Å². The Bertz CT molecular complexity index is 1890. The Balaban J connectivity index is 0.00000102. The molecular weight excluding hydrogens is 889 g/mol. The van der Waals surface area contributed by atoms with Gasteiger partial charge < -0.3 is 18.4 Å². The standard InChI is InChI=1S/C42H56BF9NO3.C7H4F3/c1-5-6-7-8-9-10-11-12-13-14-15-16-17-18-19-20-38(53(2,3)4)37-31-34(42(50,51)52)25-30-39(37)56-43(54-35-26-21-32(22-27-35)40(44,45)46)55-36-28-23-33(24-29-36)41(47,48)49;8-7(9,10)6-4-2-1-3-5-6/h21-31,38H,5-20H2,1-4H3;2-5H/q+1;-1. The zero-order valence-electron chi connectivity index (χ0n) is 37.8. The van der Waals surface area contributed by atoms with Crippen LogP contribution in [0.2, 0.25) is 0 Å². The van der Waals surface area contributed by atoms with Crippen LogP contribution in [0.15, 0.2) is 91.0 Å². The molecule has 0 aromatic heterocycles. The lowest BCUT2D eigenvalue weighted by Gasteiger charge is -2.36. The molecule has 0 aliphatic heterocycles. The van der Waals surface area contributed by atoms with Crippen LogP contribution in [-0.2, 0) is 24.7 Å². The maximum absolute atomic E-state index is 14.1. The molecule has 4 rings (SSSR count). The molecule has 0 aliphatic carbocycles. The van der Waals surface area contributed by atoms with Crippen molar-refractivity contribution in [3.8, 4) is 17.2 Å². The molecular formula is C49H60BF12NO3. The molecule has 0 radical (unpaired) electrons. The van der Waals surface area contributed by atoms with E-state index in [9.17, 15) is 52.7 Å². The SMILES string of the molecule is CCCCCCCCCCCCCCCCCC(c1cc(C(F)(F)F)ccc1OB(Oc1ccc(C(F)(F)F)cc1)Oc1ccc(C(F)(F)F)cc1)[N+](C)(C)C.FC(F)(F)c1cc[c-]cc1. The fourth-order valence-electron chi connectivity index (χ4n) is 7.18. The van der Waals surface area contributed by atoms with Gasteiger partial charge in [0.2, 0.25) is 0 Å². The van der Waals surface area contributed by atoms with Gasteiger partial charge in [-0.15, -0.1) is 0 Å². The minimum atomic E-state index is -4.68. The zero-order valence-corrected chi connectivity index (χ0v) is 37.8. The molecule has 17 heteroatoms.